The van der Waals surface area contributed by atoms with E-state index in [1.165, 1.54) is 51.4 Å². The quantitative estimate of drug-likeness (QED) is 0.129. The van der Waals surface area contributed by atoms with Crippen molar-refractivity contribution in [2.75, 3.05) is 6.61 Å². The molecular formula is C33H41N3O3. The van der Waals surface area contributed by atoms with Crippen molar-refractivity contribution in [3.63, 3.8) is 0 Å². The summed E-state index contributed by atoms with van der Waals surface area (Å²) in [5.74, 6) is 0.869. The second kappa shape index (κ2) is 17.0. The Morgan fingerprint density at radius 1 is 0.769 bits per heavy atom. The highest BCUT2D eigenvalue weighted by atomic mass is 16.5. The van der Waals surface area contributed by atoms with Gasteiger partial charge < -0.3 is 9.47 Å². The van der Waals surface area contributed by atoms with E-state index in [2.05, 4.69) is 16.9 Å². The van der Waals surface area contributed by atoms with Crippen LogP contribution in [0.3, 0.4) is 0 Å². The lowest BCUT2D eigenvalue weighted by Gasteiger charge is -2.10. The standard InChI is InChI=1S/C33H41N3O3/c1-3-5-6-7-8-9-10-11-12-22-38-31-24-35-32(36-25-31)28-18-14-26(15-19-28)27-16-20-29(21-17-27)33(37)39-30(23-34)13-4-2/h14-21,24-25,30H,3-13,22H2,1-2H3/t30-/m1/s1. The predicted octanol–water partition coefficient (Wildman–Crippen LogP) is 8.57. The van der Waals surface area contributed by atoms with Crippen molar-refractivity contribution >= 4 is 5.97 Å². The molecule has 1 heterocycles. The van der Waals surface area contributed by atoms with Crippen LogP contribution < -0.4 is 4.74 Å². The Balaban J connectivity index is 1.44. The first-order chi connectivity index (χ1) is 19.1. The lowest BCUT2D eigenvalue weighted by Crippen LogP contribution is -2.16. The number of aromatic nitrogens is 2. The average molecular weight is 528 g/mol. The van der Waals surface area contributed by atoms with Crippen LogP contribution in [0.2, 0.25) is 0 Å². The van der Waals surface area contributed by atoms with Gasteiger partial charge in [0.15, 0.2) is 17.7 Å². The minimum Gasteiger partial charge on any atom is -0.490 e. The molecule has 0 amide bonds. The minimum absolute atomic E-state index is 0.431. The zero-order valence-corrected chi connectivity index (χ0v) is 23.4. The minimum atomic E-state index is -0.711. The van der Waals surface area contributed by atoms with Crippen LogP contribution >= 0.6 is 0 Å². The van der Waals surface area contributed by atoms with E-state index in [0.29, 0.717) is 30.2 Å². The third-order valence-electron chi connectivity index (χ3n) is 6.69. The molecule has 0 saturated heterocycles. The van der Waals surface area contributed by atoms with Crippen LogP contribution in [0.1, 0.15) is 94.8 Å². The van der Waals surface area contributed by atoms with Crippen LogP contribution in [0, 0.1) is 11.3 Å². The first kappa shape index (κ1) is 29.8. The van der Waals surface area contributed by atoms with Gasteiger partial charge in [-0.1, -0.05) is 108 Å². The zero-order valence-electron chi connectivity index (χ0n) is 23.4. The molecule has 0 unspecified atom stereocenters. The molecule has 2 aromatic carbocycles. The monoisotopic (exact) mass is 527 g/mol. The summed E-state index contributed by atoms with van der Waals surface area (Å²) < 4.78 is 11.1. The Kier molecular flexibility index (Phi) is 13.0. The normalized spacial score (nSPS) is 11.5. The molecular weight excluding hydrogens is 486 g/mol. The summed E-state index contributed by atoms with van der Waals surface area (Å²) in [6.45, 7) is 4.90. The summed E-state index contributed by atoms with van der Waals surface area (Å²) in [7, 11) is 0. The molecule has 1 aromatic heterocycles. The third kappa shape index (κ3) is 10.2. The van der Waals surface area contributed by atoms with Crippen molar-refractivity contribution in [3.8, 4) is 34.3 Å². The van der Waals surface area contributed by atoms with E-state index in [4.69, 9.17) is 14.7 Å². The van der Waals surface area contributed by atoms with E-state index in [1.54, 1.807) is 24.5 Å². The van der Waals surface area contributed by atoms with Gasteiger partial charge in [-0.3, -0.25) is 0 Å². The average Bonchev–Trinajstić information content (AvgIpc) is 2.98. The summed E-state index contributed by atoms with van der Waals surface area (Å²) in [5.41, 5.74) is 3.34. The number of carbonyl (C=O) groups is 1. The number of benzene rings is 2. The molecule has 6 nitrogen and oxygen atoms in total. The number of nitriles is 1. The van der Waals surface area contributed by atoms with Crippen LogP contribution in [-0.4, -0.2) is 28.6 Å². The summed E-state index contributed by atoms with van der Waals surface area (Å²) >= 11 is 0. The maximum atomic E-state index is 12.3. The van der Waals surface area contributed by atoms with Crippen molar-refractivity contribution in [3.05, 3.63) is 66.5 Å². The Morgan fingerprint density at radius 3 is 1.87 bits per heavy atom. The van der Waals surface area contributed by atoms with Gasteiger partial charge in [-0.25, -0.2) is 14.8 Å². The highest BCUT2D eigenvalue weighted by molar-refractivity contribution is 5.90. The predicted molar refractivity (Wildman–Crippen MR) is 155 cm³/mol. The van der Waals surface area contributed by atoms with Gasteiger partial charge in [0.2, 0.25) is 0 Å². The topological polar surface area (TPSA) is 85.1 Å². The number of rotatable bonds is 17. The zero-order chi connectivity index (χ0) is 27.7. The number of unbranched alkanes of at least 4 members (excludes halogenated alkanes) is 8. The molecule has 39 heavy (non-hydrogen) atoms. The van der Waals surface area contributed by atoms with Crippen LogP contribution in [0.4, 0.5) is 0 Å². The van der Waals surface area contributed by atoms with Gasteiger partial charge in [0.25, 0.3) is 0 Å². The van der Waals surface area contributed by atoms with E-state index in [9.17, 15) is 4.79 Å². The molecule has 3 rings (SSSR count). The molecule has 0 aliphatic rings. The fourth-order valence-corrected chi connectivity index (χ4v) is 4.36. The van der Waals surface area contributed by atoms with Gasteiger partial charge in [0, 0.05) is 5.56 Å². The molecule has 0 N–H and O–H groups in total. The van der Waals surface area contributed by atoms with Crippen LogP contribution in [0.15, 0.2) is 60.9 Å². The molecule has 6 heteroatoms. The van der Waals surface area contributed by atoms with Crippen molar-refractivity contribution in [2.45, 2.75) is 90.6 Å². The first-order valence-corrected chi connectivity index (χ1v) is 14.4. The molecule has 206 valence electrons. The summed E-state index contributed by atoms with van der Waals surface area (Å²) in [6.07, 6.45) is 15.7. The lowest BCUT2D eigenvalue weighted by atomic mass is 10.0. The van der Waals surface area contributed by atoms with E-state index in [1.807, 2.05) is 49.4 Å². The number of nitrogens with zero attached hydrogens (tertiary/aromatic N) is 3. The number of ether oxygens (including phenoxy) is 2. The van der Waals surface area contributed by atoms with Gasteiger partial charge in [0.05, 0.1) is 24.6 Å². The Morgan fingerprint density at radius 2 is 1.31 bits per heavy atom. The number of carbonyl (C=O) groups excluding carboxylic acids is 1. The Bertz CT molecular complexity index is 1150. The molecule has 0 fully saturated rings. The van der Waals surface area contributed by atoms with Crippen LogP contribution in [-0.2, 0) is 4.74 Å². The number of hydrogen-bond acceptors (Lipinski definition) is 6. The number of esters is 1. The lowest BCUT2D eigenvalue weighted by molar-refractivity contribution is 0.0392. The highest BCUT2D eigenvalue weighted by Crippen LogP contribution is 2.24. The van der Waals surface area contributed by atoms with Crippen LogP contribution in [0.25, 0.3) is 22.5 Å². The number of hydrogen-bond donors (Lipinski definition) is 0. The molecule has 1 atom stereocenters. The second-order valence-electron chi connectivity index (χ2n) is 9.89. The molecule has 0 spiro atoms. The van der Waals surface area contributed by atoms with E-state index in [-0.39, 0.29) is 0 Å². The second-order valence-corrected chi connectivity index (χ2v) is 9.89. The summed E-state index contributed by atoms with van der Waals surface area (Å²) in [5, 5.41) is 9.11. The smallest absolute Gasteiger partial charge is 0.339 e. The SMILES string of the molecule is CCCCCCCCCCCOc1cnc(-c2ccc(-c3ccc(C(=O)O[C@@H](C#N)CCC)cc3)cc2)nc1. The van der Waals surface area contributed by atoms with Crippen molar-refractivity contribution in [2.24, 2.45) is 0 Å². The maximum absolute atomic E-state index is 12.3. The van der Waals surface area contributed by atoms with Gasteiger partial charge in [-0.05, 0) is 36.1 Å². The van der Waals surface area contributed by atoms with Crippen molar-refractivity contribution in [1.82, 2.24) is 9.97 Å². The summed E-state index contributed by atoms with van der Waals surface area (Å²) in [6, 6.07) is 17.2. The largest absolute Gasteiger partial charge is 0.490 e. The molecule has 0 saturated carbocycles. The van der Waals surface area contributed by atoms with Crippen LogP contribution in [0.5, 0.6) is 5.75 Å². The molecule has 0 radical (unpaired) electrons. The molecule has 3 aromatic rings. The van der Waals surface area contributed by atoms with Gasteiger partial charge >= 0.3 is 5.97 Å². The summed E-state index contributed by atoms with van der Waals surface area (Å²) in [4.78, 5) is 21.3. The Hall–Kier alpha value is -3.72. The third-order valence-corrected chi connectivity index (χ3v) is 6.69. The molecule has 0 aliphatic heterocycles. The van der Waals surface area contributed by atoms with E-state index < -0.39 is 12.1 Å². The van der Waals surface area contributed by atoms with Gasteiger partial charge in [0.1, 0.15) is 6.07 Å². The fourth-order valence-electron chi connectivity index (χ4n) is 4.36. The van der Waals surface area contributed by atoms with Crippen molar-refractivity contribution in [1.29, 1.82) is 5.26 Å². The van der Waals surface area contributed by atoms with Gasteiger partial charge in [-0.15, -0.1) is 0 Å². The maximum Gasteiger partial charge on any atom is 0.339 e. The first-order valence-electron chi connectivity index (χ1n) is 14.4. The van der Waals surface area contributed by atoms with E-state index in [0.717, 1.165) is 29.5 Å². The van der Waals surface area contributed by atoms with Crippen molar-refractivity contribution < 1.29 is 14.3 Å². The Labute approximate surface area is 233 Å². The fraction of sp³-hybridized carbons (Fsp3) is 0.455. The molecule has 0 aliphatic carbocycles. The van der Waals surface area contributed by atoms with Gasteiger partial charge in [-0.2, -0.15) is 5.26 Å². The van der Waals surface area contributed by atoms with E-state index >= 15 is 0 Å². The highest BCUT2D eigenvalue weighted by Gasteiger charge is 2.14. The molecule has 0 bridgehead atoms.